The van der Waals surface area contributed by atoms with E-state index in [2.05, 4.69) is 9.97 Å². The highest BCUT2D eigenvalue weighted by Gasteiger charge is 2.11. The number of benzene rings is 1. The van der Waals surface area contributed by atoms with E-state index in [-0.39, 0.29) is 5.95 Å². The van der Waals surface area contributed by atoms with Crippen molar-refractivity contribution in [1.29, 1.82) is 0 Å². The number of aromatic nitrogens is 2. The van der Waals surface area contributed by atoms with Crippen LogP contribution in [0, 0.1) is 6.92 Å². The van der Waals surface area contributed by atoms with Gasteiger partial charge in [0, 0.05) is 16.6 Å². The third kappa shape index (κ3) is 1.80. The molecule has 90 valence electrons. The van der Waals surface area contributed by atoms with Gasteiger partial charge >= 0.3 is 0 Å². The van der Waals surface area contributed by atoms with Gasteiger partial charge in [0.15, 0.2) is 5.76 Å². The molecule has 0 unspecified atom stereocenters. The second-order valence-corrected chi connectivity index (χ2v) is 4.49. The Morgan fingerprint density at radius 2 is 2.11 bits per heavy atom. The summed E-state index contributed by atoms with van der Waals surface area (Å²) in [6.45, 7) is 1.91. The van der Waals surface area contributed by atoms with Crippen LogP contribution in [0.3, 0.4) is 0 Å². The Morgan fingerprint density at radius 3 is 2.94 bits per heavy atom. The topological polar surface area (TPSA) is 64.9 Å². The van der Waals surface area contributed by atoms with Crippen molar-refractivity contribution in [1.82, 2.24) is 9.97 Å². The Hall–Kier alpha value is -2.07. The number of furan rings is 1. The van der Waals surface area contributed by atoms with E-state index < -0.39 is 0 Å². The number of nitrogen functional groups attached to an aromatic ring is 1. The zero-order valence-electron chi connectivity index (χ0n) is 9.64. The van der Waals surface area contributed by atoms with E-state index in [1.165, 1.54) is 0 Å². The van der Waals surface area contributed by atoms with Crippen molar-refractivity contribution in [2.75, 3.05) is 5.73 Å². The Bertz CT molecular complexity index is 736. The van der Waals surface area contributed by atoms with Crippen molar-refractivity contribution < 1.29 is 4.42 Å². The maximum atomic E-state index is 5.94. The molecule has 0 spiro atoms. The van der Waals surface area contributed by atoms with Gasteiger partial charge in [0.25, 0.3) is 0 Å². The van der Waals surface area contributed by atoms with E-state index in [0.29, 0.717) is 16.5 Å². The highest BCUT2D eigenvalue weighted by molar-refractivity contribution is 6.31. The molecule has 18 heavy (non-hydrogen) atoms. The first-order valence-electron chi connectivity index (χ1n) is 5.42. The molecule has 1 aromatic carbocycles. The van der Waals surface area contributed by atoms with Crippen molar-refractivity contribution in [2.45, 2.75) is 6.92 Å². The van der Waals surface area contributed by atoms with Gasteiger partial charge < -0.3 is 10.2 Å². The molecule has 3 rings (SSSR count). The zero-order valence-corrected chi connectivity index (χ0v) is 10.4. The van der Waals surface area contributed by atoms with E-state index in [1.807, 2.05) is 25.1 Å². The van der Waals surface area contributed by atoms with Crippen LogP contribution in [-0.2, 0) is 0 Å². The summed E-state index contributed by atoms with van der Waals surface area (Å²) >= 11 is 5.94. The SMILES string of the molecule is Cc1cnc(N)nc1-c1cc2cc(Cl)ccc2o1. The monoisotopic (exact) mass is 259 g/mol. The van der Waals surface area contributed by atoms with Crippen LogP contribution in [0.1, 0.15) is 5.56 Å². The van der Waals surface area contributed by atoms with E-state index in [1.54, 1.807) is 12.3 Å². The van der Waals surface area contributed by atoms with E-state index in [9.17, 15) is 0 Å². The molecule has 0 radical (unpaired) electrons. The third-order valence-corrected chi connectivity index (χ3v) is 2.94. The Kier molecular flexibility index (Phi) is 2.45. The largest absolute Gasteiger partial charge is 0.454 e. The van der Waals surface area contributed by atoms with Gasteiger partial charge in [-0.1, -0.05) is 11.6 Å². The number of hydrogen-bond acceptors (Lipinski definition) is 4. The molecule has 2 N–H and O–H groups in total. The molecule has 0 saturated heterocycles. The van der Waals surface area contributed by atoms with Crippen molar-refractivity contribution in [3.63, 3.8) is 0 Å². The second kappa shape index (κ2) is 3.99. The fraction of sp³-hybridized carbons (Fsp3) is 0.0769. The molecule has 0 atom stereocenters. The van der Waals surface area contributed by atoms with Gasteiger partial charge in [-0.05, 0) is 36.8 Å². The molecule has 0 aliphatic heterocycles. The summed E-state index contributed by atoms with van der Waals surface area (Å²) in [5, 5.41) is 1.61. The first kappa shape index (κ1) is 11.0. The normalized spacial score (nSPS) is 11.0. The Labute approximate surface area is 108 Å². The van der Waals surface area contributed by atoms with Gasteiger partial charge in [0.1, 0.15) is 11.3 Å². The van der Waals surface area contributed by atoms with Crippen LogP contribution in [0.5, 0.6) is 0 Å². The summed E-state index contributed by atoms with van der Waals surface area (Å²) in [6.07, 6.45) is 1.68. The summed E-state index contributed by atoms with van der Waals surface area (Å²) in [5.41, 5.74) is 7.98. The lowest BCUT2D eigenvalue weighted by Crippen LogP contribution is -1.97. The fourth-order valence-electron chi connectivity index (χ4n) is 1.84. The number of fused-ring (bicyclic) bond motifs is 1. The summed E-state index contributed by atoms with van der Waals surface area (Å²) in [6, 6.07) is 7.37. The summed E-state index contributed by atoms with van der Waals surface area (Å²) in [7, 11) is 0. The number of halogens is 1. The Balaban J connectivity index is 2.22. The van der Waals surface area contributed by atoms with Gasteiger partial charge in [0.2, 0.25) is 5.95 Å². The lowest BCUT2D eigenvalue weighted by atomic mass is 10.2. The first-order valence-corrected chi connectivity index (χ1v) is 5.80. The average molecular weight is 260 g/mol. The van der Waals surface area contributed by atoms with Gasteiger partial charge in [-0.3, -0.25) is 0 Å². The Morgan fingerprint density at radius 1 is 1.28 bits per heavy atom. The minimum atomic E-state index is 0.231. The van der Waals surface area contributed by atoms with Crippen molar-refractivity contribution in [2.24, 2.45) is 0 Å². The molecule has 0 bridgehead atoms. The molecular formula is C13H10ClN3O. The quantitative estimate of drug-likeness (QED) is 0.727. The van der Waals surface area contributed by atoms with Crippen LogP contribution in [0.2, 0.25) is 5.02 Å². The number of nitrogens with two attached hydrogens (primary N) is 1. The highest BCUT2D eigenvalue weighted by Crippen LogP contribution is 2.30. The maximum Gasteiger partial charge on any atom is 0.220 e. The first-order chi connectivity index (χ1) is 8.63. The summed E-state index contributed by atoms with van der Waals surface area (Å²) in [5.74, 6) is 0.896. The van der Waals surface area contributed by atoms with Crippen LogP contribution in [-0.4, -0.2) is 9.97 Å². The maximum absolute atomic E-state index is 5.94. The standard InChI is InChI=1S/C13H10ClN3O/c1-7-6-16-13(15)17-12(7)11-5-8-4-9(14)2-3-10(8)18-11/h2-6H,1H3,(H2,15,16,17). The number of anilines is 1. The van der Waals surface area contributed by atoms with Crippen LogP contribution in [0.25, 0.3) is 22.4 Å². The van der Waals surface area contributed by atoms with Gasteiger partial charge in [-0.15, -0.1) is 0 Å². The molecule has 0 aliphatic rings. The van der Waals surface area contributed by atoms with Crippen LogP contribution < -0.4 is 5.73 Å². The minimum absolute atomic E-state index is 0.231. The summed E-state index contributed by atoms with van der Waals surface area (Å²) in [4.78, 5) is 8.14. The molecule has 2 heterocycles. The second-order valence-electron chi connectivity index (χ2n) is 4.05. The predicted molar refractivity (Wildman–Crippen MR) is 71.4 cm³/mol. The molecule has 0 saturated carbocycles. The number of aryl methyl sites for hydroxylation is 1. The number of nitrogens with zero attached hydrogens (tertiary/aromatic N) is 2. The van der Waals surface area contributed by atoms with E-state index >= 15 is 0 Å². The molecular weight excluding hydrogens is 250 g/mol. The fourth-order valence-corrected chi connectivity index (χ4v) is 2.02. The lowest BCUT2D eigenvalue weighted by Gasteiger charge is -2.00. The zero-order chi connectivity index (χ0) is 12.7. The van der Waals surface area contributed by atoms with Gasteiger partial charge in [-0.2, -0.15) is 0 Å². The van der Waals surface area contributed by atoms with E-state index in [0.717, 1.165) is 16.5 Å². The van der Waals surface area contributed by atoms with Crippen LogP contribution >= 0.6 is 11.6 Å². The highest BCUT2D eigenvalue weighted by atomic mass is 35.5. The molecule has 4 nitrogen and oxygen atoms in total. The summed E-state index contributed by atoms with van der Waals surface area (Å²) < 4.78 is 5.74. The molecule has 0 aliphatic carbocycles. The third-order valence-electron chi connectivity index (χ3n) is 2.70. The van der Waals surface area contributed by atoms with Gasteiger partial charge in [-0.25, -0.2) is 9.97 Å². The average Bonchev–Trinajstić information content (AvgIpc) is 2.74. The molecule has 5 heteroatoms. The van der Waals surface area contributed by atoms with Crippen LogP contribution in [0.15, 0.2) is 34.9 Å². The van der Waals surface area contributed by atoms with Crippen molar-refractivity contribution in [3.8, 4) is 11.5 Å². The molecule has 2 aromatic heterocycles. The molecule has 0 amide bonds. The van der Waals surface area contributed by atoms with Crippen molar-refractivity contribution in [3.05, 3.63) is 41.0 Å². The predicted octanol–water partition coefficient (Wildman–Crippen LogP) is 3.43. The molecule has 0 fully saturated rings. The molecule has 3 aromatic rings. The smallest absolute Gasteiger partial charge is 0.220 e. The van der Waals surface area contributed by atoms with E-state index in [4.69, 9.17) is 21.8 Å². The number of hydrogen-bond donors (Lipinski definition) is 1. The number of rotatable bonds is 1. The van der Waals surface area contributed by atoms with Crippen molar-refractivity contribution >= 4 is 28.5 Å². The lowest BCUT2D eigenvalue weighted by molar-refractivity contribution is 0.628. The minimum Gasteiger partial charge on any atom is -0.454 e. The van der Waals surface area contributed by atoms with Gasteiger partial charge in [0.05, 0.1) is 0 Å². The van der Waals surface area contributed by atoms with Crippen LogP contribution in [0.4, 0.5) is 5.95 Å².